The maximum Gasteiger partial charge on any atom is 0.162 e. The summed E-state index contributed by atoms with van der Waals surface area (Å²) in [6.07, 6.45) is 5.44. The lowest BCUT2D eigenvalue weighted by atomic mass is 10.2. The Morgan fingerprint density at radius 3 is 2.84 bits per heavy atom. The van der Waals surface area contributed by atoms with E-state index < -0.39 is 0 Å². The molecular weight excluding hydrogens is 238 g/mol. The van der Waals surface area contributed by atoms with Gasteiger partial charge in [-0.2, -0.15) is 0 Å². The van der Waals surface area contributed by atoms with Crippen LogP contribution in [0.1, 0.15) is 6.92 Å². The molecule has 96 valence electrons. The van der Waals surface area contributed by atoms with Crippen molar-refractivity contribution in [1.29, 1.82) is 0 Å². The number of hydrogen-bond acceptors (Lipinski definition) is 4. The molecule has 0 unspecified atom stereocenters. The number of aromatic nitrogens is 4. The second kappa shape index (κ2) is 4.68. The van der Waals surface area contributed by atoms with E-state index in [0.29, 0.717) is 0 Å². The molecule has 0 radical (unpaired) electrons. The van der Waals surface area contributed by atoms with Gasteiger partial charge in [-0.15, -0.1) is 0 Å². The first kappa shape index (κ1) is 11.6. The van der Waals surface area contributed by atoms with Gasteiger partial charge in [-0.25, -0.2) is 15.0 Å². The van der Waals surface area contributed by atoms with E-state index in [9.17, 15) is 0 Å². The van der Waals surface area contributed by atoms with Crippen molar-refractivity contribution in [2.24, 2.45) is 0 Å². The number of nitrogens with one attached hydrogen (secondary N) is 1. The predicted octanol–water partition coefficient (Wildman–Crippen LogP) is 2.48. The second-order valence-electron chi connectivity index (χ2n) is 4.35. The largest absolute Gasteiger partial charge is 0.360 e. The number of anilines is 1. The molecule has 0 saturated carbocycles. The van der Waals surface area contributed by atoms with Crippen molar-refractivity contribution < 1.29 is 0 Å². The molecule has 3 heterocycles. The highest BCUT2D eigenvalue weighted by molar-refractivity contribution is 5.90. The molecular formula is C14H15N5. The predicted molar refractivity (Wildman–Crippen MR) is 76.1 cm³/mol. The van der Waals surface area contributed by atoms with Crippen LogP contribution >= 0.6 is 0 Å². The van der Waals surface area contributed by atoms with E-state index in [2.05, 4.69) is 31.8 Å². The molecule has 3 rings (SSSR count). The molecule has 0 aliphatic carbocycles. The summed E-state index contributed by atoms with van der Waals surface area (Å²) < 4.78 is 0. The van der Waals surface area contributed by atoms with Gasteiger partial charge in [-0.3, -0.25) is 0 Å². The Balaban J connectivity index is 2.14. The van der Waals surface area contributed by atoms with E-state index in [4.69, 9.17) is 0 Å². The van der Waals surface area contributed by atoms with Gasteiger partial charge in [0.05, 0.1) is 0 Å². The highest BCUT2D eigenvalue weighted by Gasteiger charge is 2.09. The van der Waals surface area contributed by atoms with Crippen LogP contribution in [-0.2, 0) is 0 Å². The number of aromatic amines is 1. The summed E-state index contributed by atoms with van der Waals surface area (Å²) in [6, 6.07) is 5.86. The van der Waals surface area contributed by atoms with Crippen molar-refractivity contribution in [2.75, 3.05) is 18.5 Å². The van der Waals surface area contributed by atoms with Crippen LogP contribution in [0.25, 0.3) is 22.4 Å². The monoisotopic (exact) mass is 253 g/mol. The fourth-order valence-electron chi connectivity index (χ4n) is 2.01. The molecule has 0 bridgehead atoms. The number of H-pyrrole nitrogens is 1. The van der Waals surface area contributed by atoms with Crippen molar-refractivity contribution >= 4 is 16.9 Å². The van der Waals surface area contributed by atoms with Crippen LogP contribution in [-0.4, -0.2) is 33.5 Å². The zero-order valence-corrected chi connectivity index (χ0v) is 11.0. The third-order valence-corrected chi connectivity index (χ3v) is 3.21. The Bertz CT molecular complexity index is 704. The Morgan fingerprint density at radius 2 is 2.00 bits per heavy atom. The SMILES string of the molecule is CCN(C)c1ccnc(-c2ccnc3[nH]ccc23)n1. The third-order valence-electron chi connectivity index (χ3n) is 3.21. The fraction of sp³-hybridized carbons (Fsp3) is 0.214. The van der Waals surface area contributed by atoms with Gasteiger partial charge in [-0.05, 0) is 25.1 Å². The molecule has 0 aliphatic rings. The molecule has 3 aromatic heterocycles. The second-order valence-corrected chi connectivity index (χ2v) is 4.35. The zero-order valence-electron chi connectivity index (χ0n) is 11.0. The Hall–Kier alpha value is -2.43. The van der Waals surface area contributed by atoms with Crippen molar-refractivity contribution in [1.82, 2.24) is 19.9 Å². The highest BCUT2D eigenvalue weighted by Crippen LogP contribution is 2.24. The van der Waals surface area contributed by atoms with E-state index in [0.717, 1.165) is 34.8 Å². The molecule has 0 amide bonds. The summed E-state index contributed by atoms with van der Waals surface area (Å²) in [5.41, 5.74) is 1.85. The van der Waals surface area contributed by atoms with Gasteiger partial charge < -0.3 is 9.88 Å². The summed E-state index contributed by atoms with van der Waals surface area (Å²) >= 11 is 0. The topological polar surface area (TPSA) is 57.7 Å². The van der Waals surface area contributed by atoms with Gasteiger partial charge in [0, 0.05) is 43.1 Å². The van der Waals surface area contributed by atoms with Gasteiger partial charge in [0.25, 0.3) is 0 Å². The quantitative estimate of drug-likeness (QED) is 0.779. The van der Waals surface area contributed by atoms with Crippen molar-refractivity contribution in [3.05, 3.63) is 36.8 Å². The lowest BCUT2D eigenvalue weighted by molar-refractivity contribution is 0.931. The number of rotatable bonds is 3. The molecule has 0 atom stereocenters. The third kappa shape index (κ3) is 2.03. The molecule has 3 aromatic rings. The first-order valence-electron chi connectivity index (χ1n) is 6.26. The van der Waals surface area contributed by atoms with E-state index in [1.807, 2.05) is 31.4 Å². The fourth-order valence-corrected chi connectivity index (χ4v) is 2.01. The van der Waals surface area contributed by atoms with Crippen LogP contribution in [0.15, 0.2) is 36.8 Å². The Morgan fingerprint density at radius 1 is 1.16 bits per heavy atom. The first-order chi connectivity index (χ1) is 9.29. The molecule has 0 aliphatic heterocycles. The number of fused-ring (bicyclic) bond motifs is 1. The van der Waals surface area contributed by atoms with Gasteiger partial charge in [0.1, 0.15) is 11.5 Å². The minimum atomic E-state index is 0.727. The van der Waals surface area contributed by atoms with Crippen LogP contribution in [0, 0.1) is 0 Å². The average molecular weight is 253 g/mol. The van der Waals surface area contributed by atoms with Crippen LogP contribution in [0.3, 0.4) is 0 Å². The average Bonchev–Trinajstić information content (AvgIpc) is 2.94. The summed E-state index contributed by atoms with van der Waals surface area (Å²) in [4.78, 5) is 18.5. The minimum Gasteiger partial charge on any atom is -0.360 e. The van der Waals surface area contributed by atoms with Crippen LogP contribution in [0.5, 0.6) is 0 Å². The first-order valence-corrected chi connectivity index (χ1v) is 6.26. The highest BCUT2D eigenvalue weighted by atomic mass is 15.2. The van der Waals surface area contributed by atoms with Gasteiger partial charge in [0.15, 0.2) is 5.82 Å². The molecule has 0 saturated heterocycles. The van der Waals surface area contributed by atoms with Crippen LogP contribution in [0.2, 0.25) is 0 Å². The zero-order chi connectivity index (χ0) is 13.2. The lowest BCUT2D eigenvalue weighted by Gasteiger charge is -2.15. The van der Waals surface area contributed by atoms with Gasteiger partial charge in [0.2, 0.25) is 0 Å². The molecule has 5 heteroatoms. The molecule has 1 N–H and O–H groups in total. The van der Waals surface area contributed by atoms with Gasteiger partial charge >= 0.3 is 0 Å². The summed E-state index contributed by atoms with van der Waals surface area (Å²) in [7, 11) is 2.02. The number of pyridine rings is 1. The lowest BCUT2D eigenvalue weighted by Crippen LogP contribution is -2.17. The molecule has 19 heavy (non-hydrogen) atoms. The van der Waals surface area contributed by atoms with Crippen molar-refractivity contribution in [3.8, 4) is 11.4 Å². The number of hydrogen-bond donors (Lipinski definition) is 1. The molecule has 0 spiro atoms. The van der Waals surface area contributed by atoms with E-state index in [1.54, 1.807) is 12.4 Å². The molecule has 0 fully saturated rings. The Labute approximate surface area is 111 Å². The van der Waals surface area contributed by atoms with Crippen LogP contribution in [0.4, 0.5) is 5.82 Å². The standard InChI is InChI=1S/C14H15N5/c1-3-19(2)12-6-9-17-14(18-12)11-5-8-16-13-10(11)4-7-15-13/h4-9H,3H2,1-2H3,(H,15,16). The maximum absolute atomic E-state index is 4.62. The van der Waals surface area contributed by atoms with Gasteiger partial charge in [-0.1, -0.05) is 0 Å². The van der Waals surface area contributed by atoms with Crippen LogP contribution < -0.4 is 4.90 Å². The van der Waals surface area contributed by atoms with E-state index >= 15 is 0 Å². The minimum absolute atomic E-state index is 0.727. The normalized spacial score (nSPS) is 10.8. The summed E-state index contributed by atoms with van der Waals surface area (Å²) in [5.74, 6) is 1.65. The number of nitrogens with zero attached hydrogens (tertiary/aromatic N) is 4. The van der Waals surface area contributed by atoms with E-state index in [1.165, 1.54) is 0 Å². The van der Waals surface area contributed by atoms with Crippen molar-refractivity contribution in [2.45, 2.75) is 6.92 Å². The smallest absolute Gasteiger partial charge is 0.162 e. The maximum atomic E-state index is 4.62. The summed E-state index contributed by atoms with van der Waals surface area (Å²) in [5, 5.41) is 1.04. The summed E-state index contributed by atoms with van der Waals surface area (Å²) in [6.45, 7) is 3.00. The molecule has 5 nitrogen and oxygen atoms in total. The molecule has 0 aromatic carbocycles. The Kier molecular flexibility index (Phi) is 2.87. The van der Waals surface area contributed by atoms with Crippen molar-refractivity contribution in [3.63, 3.8) is 0 Å². The van der Waals surface area contributed by atoms with E-state index in [-0.39, 0.29) is 0 Å².